The number of nitrogens with two attached hydrogens (primary N) is 1. The number of rotatable bonds is 7. The minimum atomic E-state index is -1.04. The van der Waals surface area contributed by atoms with Crippen LogP contribution in [0.25, 0.3) is 0 Å². The first kappa shape index (κ1) is 22.1. The van der Waals surface area contributed by atoms with Crippen molar-refractivity contribution in [3.8, 4) is 0 Å². The molecule has 30 heavy (non-hydrogen) atoms. The van der Waals surface area contributed by atoms with Gasteiger partial charge in [0, 0.05) is 41.7 Å². The Balaban J connectivity index is 1.40. The van der Waals surface area contributed by atoms with Crippen molar-refractivity contribution in [1.82, 2.24) is 14.7 Å². The van der Waals surface area contributed by atoms with Crippen molar-refractivity contribution in [3.63, 3.8) is 0 Å². The Hall–Kier alpha value is -1.13. The van der Waals surface area contributed by atoms with E-state index < -0.39 is 18.0 Å². The number of β-lactam (4-membered cyclic amide) rings is 1. The van der Waals surface area contributed by atoms with E-state index in [1.807, 2.05) is 6.92 Å². The lowest BCUT2D eigenvalue weighted by molar-refractivity contribution is -0.163. The van der Waals surface area contributed by atoms with Crippen LogP contribution in [-0.2, 0) is 9.59 Å². The molecule has 0 radical (unpaired) electrons. The number of thioether (sulfide) groups is 1. The van der Waals surface area contributed by atoms with Gasteiger partial charge >= 0.3 is 5.97 Å². The molecular weight excluding hydrogens is 404 g/mol. The summed E-state index contributed by atoms with van der Waals surface area (Å²) in [5.41, 5.74) is 5.82. The normalized spacial score (nSPS) is 34.4. The summed E-state index contributed by atoms with van der Waals surface area (Å²) >= 11 is 1.65. The van der Waals surface area contributed by atoms with Gasteiger partial charge < -0.3 is 25.7 Å². The number of aliphatic carboxylic acids is 1. The van der Waals surface area contributed by atoms with E-state index in [2.05, 4.69) is 9.80 Å². The molecule has 168 valence electrons. The second-order valence-electron chi connectivity index (χ2n) is 9.16. The minimum Gasteiger partial charge on any atom is -0.477 e. The molecule has 9 heteroatoms. The number of piperidine rings is 1. The lowest BCUT2D eigenvalue weighted by atomic mass is 9.79. The van der Waals surface area contributed by atoms with E-state index in [0.717, 1.165) is 56.9 Å². The molecule has 3 fully saturated rings. The van der Waals surface area contributed by atoms with Gasteiger partial charge in [0.05, 0.1) is 18.1 Å². The Kier molecular flexibility index (Phi) is 6.46. The summed E-state index contributed by atoms with van der Waals surface area (Å²) in [7, 11) is 0. The van der Waals surface area contributed by atoms with Crippen LogP contribution in [0.1, 0.15) is 33.1 Å². The molecule has 0 aromatic heterocycles. The Morgan fingerprint density at radius 3 is 2.57 bits per heavy atom. The largest absolute Gasteiger partial charge is 0.477 e. The molecule has 0 aromatic rings. The molecule has 1 amide bonds. The summed E-state index contributed by atoms with van der Waals surface area (Å²) in [5, 5.41) is 20.2. The number of amides is 1. The van der Waals surface area contributed by atoms with Gasteiger partial charge in [-0.15, -0.1) is 11.8 Å². The number of aliphatic hydroxyl groups is 1. The maximum atomic E-state index is 12.5. The number of aliphatic hydroxyl groups excluding tert-OH is 1. The van der Waals surface area contributed by atoms with Crippen molar-refractivity contribution in [3.05, 3.63) is 10.6 Å². The summed E-state index contributed by atoms with van der Waals surface area (Å²) in [6, 6.07) is 0.371. The highest BCUT2D eigenvalue weighted by molar-refractivity contribution is 8.03. The molecule has 0 aromatic carbocycles. The van der Waals surface area contributed by atoms with Crippen molar-refractivity contribution in [2.75, 3.05) is 39.3 Å². The van der Waals surface area contributed by atoms with E-state index >= 15 is 0 Å². The molecule has 1 unspecified atom stereocenters. The standard InChI is InChI=1S/C21H34N4O4S/c1-12-17-16(13(2)26)20(27)25(17)18(21(28)29)19(12)30-15-5-9-24(11-15)14-3-7-23(8-4-14)10-6-22/h12-17,26H,3-11,22H2,1-2H3,(H,28,29)/t12-,13?,15-,16-,17-/m1/s1. The highest BCUT2D eigenvalue weighted by Gasteiger charge is 2.60. The predicted molar refractivity (Wildman–Crippen MR) is 116 cm³/mol. The number of carboxylic acid groups (broad SMARTS) is 1. The maximum Gasteiger partial charge on any atom is 0.353 e. The highest BCUT2D eigenvalue weighted by atomic mass is 32.2. The first-order valence-corrected chi connectivity index (χ1v) is 12.0. The first-order valence-electron chi connectivity index (χ1n) is 11.1. The number of likely N-dealkylation sites (tertiary alicyclic amines) is 2. The SMILES string of the molecule is CC(O)[C@H]1C(=O)N2C(C(=O)O)=C(S[C@@H]3CCN(C4CCN(CCN)CC4)C3)[C@H](C)[C@H]12. The lowest BCUT2D eigenvalue weighted by Crippen LogP contribution is -2.63. The fraction of sp³-hybridized carbons (Fsp3) is 0.810. The molecule has 0 saturated carbocycles. The van der Waals surface area contributed by atoms with Crippen LogP contribution in [0.3, 0.4) is 0 Å². The number of carboxylic acids is 1. The fourth-order valence-electron chi connectivity index (χ4n) is 5.73. The topological polar surface area (TPSA) is 110 Å². The molecule has 4 aliphatic rings. The third kappa shape index (κ3) is 3.79. The second kappa shape index (κ2) is 8.78. The van der Waals surface area contributed by atoms with Crippen LogP contribution < -0.4 is 5.73 Å². The van der Waals surface area contributed by atoms with Crippen LogP contribution >= 0.6 is 11.8 Å². The quantitative estimate of drug-likeness (QED) is 0.489. The Morgan fingerprint density at radius 1 is 1.27 bits per heavy atom. The molecule has 4 heterocycles. The lowest BCUT2D eigenvalue weighted by Gasteiger charge is -2.46. The van der Waals surface area contributed by atoms with Gasteiger partial charge in [0.1, 0.15) is 5.70 Å². The summed E-state index contributed by atoms with van der Waals surface area (Å²) in [6.07, 6.45) is 2.61. The molecule has 8 nitrogen and oxygen atoms in total. The predicted octanol–water partition coefficient (Wildman–Crippen LogP) is 0.371. The van der Waals surface area contributed by atoms with E-state index in [0.29, 0.717) is 17.8 Å². The van der Waals surface area contributed by atoms with E-state index in [-0.39, 0.29) is 23.6 Å². The average molecular weight is 439 g/mol. The van der Waals surface area contributed by atoms with Crippen molar-refractivity contribution in [2.45, 2.75) is 56.5 Å². The molecule has 5 atom stereocenters. The number of carbonyl (C=O) groups is 2. The van der Waals surface area contributed by atoms with Crippen molar-refractivity contribution < 1.29 is 19.8 Å². The monoisotopic (exact) mass is 438 g/mol. The zero-order chi connectivity index (χ0) is 21.6. The second-order valence-corrected chi connectivity index (χ2v) is 10.5. The zero-order valence-electron chi connectivity index (χ0n) is 17.9. The molecule has 3 saturated heterocycles. The molecule has 4 N–H and O–H groups in total. The molecule has 4 rings (SSSR count). The van der Waals surface area contributed by atoms with Gasteiger partial charge in [0.25, 0.3) is 0 Å². The van der Waals surface area contributed by atoms with Crippen LogP contribution in [0, 0.1) is 11.8 Å². The molecular formula is C21H34N4O4S. The Labute approximate surface area is 182 Å². The smallest absolute Gasteiger partial charge is 0.353 e. The van der Waals surface area contributed by atoms with Gasteiger partial charge in [0.2, 0.25) is 5.91 Å². The Bertz CT molecular complexity index is 722. The van der Waals surface area contributed by atoms with Crippen LogP contribution in [0.2, 0.25) is 0 Å². The number of carbonyl (C=O) groups excluding carboxylic acids is 1. The van der Waals surface area contributed by atoms with Crippen molar-refractivity contribution >= 4 is 23.6 Å². The van der Waals surface area contributed by atoms with Gasteiger partial charge in [0.15, 0.2) is 0 Å². The van der Waals surface area contributed by atoms with E-state index in [1.165, 1.54) is 4.90 Å². The fourth-order valence-corrected chi connectivity index (χ4v) is 7.23. The summed E-state index contributed by atoms with van der Waals surface area (Å²) < 4.78 is 0. The van der Waals surface area contributed by atoms with E-state index in [4.69, 9.17) is 5.73 Å². The highest BCUT2D eigenvalue weighted by Crippen LogP contribution is 2.52. The summed E-state index contributed by atoms with van der Waals surface area (Å²) in [4.78, 5) is 31.7. The number of fused-ring (bicyclic) bond motifs is 1. The zero-order valence-corrected chi connectivity index (χ0v) is 18.7. The van der Waals surface area contributed by atoms with E-state index in [9.17, 15) is 19.8 Å². The Morgan fingerprint density at radius 2 is 1.97 bits per heavy atom. The number of hydrogen-bond acceptors (Lipinski definition) is 7. The minimum absolute atomic E-state index is 0.0491. The third-order valence-electron chi connectivity index (χ3n) is 7.30. The average Bonchev–Trinajstić information content (AvgIpc) is 3.25. The van der Waals surface area contributed by atoms with Gasteiger partial charge in [-0.25, -0.2) is 4.79 Å². The molecule has 0 aliphatic carbocycles. The number of hydrogen-bond donors (Lipinski definition) is 3. The summed E-state index contributed by atoms with van der Waals surface area (Å²) in [5.74, 6) is -1.84. The van der Waals surface area contributed by atoms with Crippen molar-refractivity contribution in [2.24, 2.45) is 17.6 Å². The van der Waals surface area contributed by atoms with Gasteiger partial charge in [-0.1, -0.05) is 6.92 Å². The van der Waals surface area contributed by atoms with Gasteiger partial charge in [-0.3, -0.25) is 9.69 Å². The van der Waals surface area contributed by atoms with E-state index in [1.54, 1.807) is 18.7 Å². The molecule has 0 bridgehead atoms. The maximum absolute atomic E-state index is 12.5. The van der Waals surface area contributed by atoms with Crippen LogP contribution in [0.4, 0.5) is 0 Å². The van der Waals surface area contributed by atoms with Gasteiger partial charge in [-0.05, 0) is 45.8 Å². The first-order chi connectivity index (χ1) is 14.3. The third-order valence-corrected chi connectivity index (χ3v) is 8.84. The number of nitrogens with zero attached hydrogens (tertiary/aromatic N) is 3. The summed E-state index contributed by atoms with van der Waals surface area (Å²) in [6.45, 7) is 9.51. The molecule has 0 spiro atoms. The van der Waals surface area contributed by atoms with Crippen molar-refractivity contribution in [1.29, 1.82) is 0 Å². The van der Waals surface area contributed by atoms with Crippen LogP contribution in [0.15, 0.2) is 10.6 Å². The van der Waals surface area contributed by atoms with Crippen LogP contribution in [0.5, 0.6) is 0 Å². The van der Waals surface area contributed by atoms with Gasteiger partial charge in [-0.2, -0.15) is 0 Å². The molecule has 4 aliphatic heterocycles. The van der Waals surface area contributed by atoms with Crippen LogP contribution in [-0.4, -0.2) is 99.5 Å².